The molecule has 0 amide bonds. The van der Waals surface area contributed by atoms with Crippen molar-refractivity contribution in [1.29, 1.82) is 0 Å². The third-order valence-electron chi connectivity index (χ3n) is 4.12. The molecule has 5 atom stereocenters. The number of halogens is 3. The molecule has 3 rings (SSSR count). The van der Waals surface area contributed by atoms with Gasteiger partial charge in [-0.1, -0.05) is 6.07 Å². The Hall–Kier alpha value is -1.91. The number of nitrogens with zero attached hydrogens (tertiary/aromatic N) is 1. The number of hydrogen-bond acceptors (Lipinski definition) is 6. The van der Waals surface area contributed by atoms with Crippen LogP contribution in [0, 0.1) is 0 Å². The van der Waals surface area contributed by atoms with Gasteiger partial charge in [-0.15, -0.1) is 0 Å². The number of alkyl halides is 3. The van der Waals surface area contributed by atoms with Gasteiger partial charge in [-0.25, -0.2) is 9.78 Å². The minimum Gasteiger partial charge on any atom is -0.479 e. The van der Waals surface area contributed by atoms with E-state index in [4.69, 9.17) is 18.9 Å². The van der Waals surface area contributed by atoms with Crippen LogP contribution >= 0.6 is 0 Å². The quantitative estimate of drug-likeness (QED) is 0.864. The van der Waals surface area contributed by atoms with Crippen LogP contribution in [0.15, 0.2) is 18.2 Å². The third kappa shape index (κ3) is 3.62. The fourth-order valence-corrected chi connectivity index (χ4v) is 3.10. The van der Waals surface area contributed by atoms with Gasteiger partial charge in [-0.2, -0.15) is 13.2 Å². The maximum Gasteiger partial charge on any atom is 0.433 e. The summed E-state index contributed by atoms with van der Waals surface area (Å²) in [6.07, 6.45) is -9.40. The molecule has 10 heteroatoms. The van der Waals surface area contributed by atoms with Crippen LogP contribution in [0.3, 0.4) is 0 Å². The van der Waals surface area contributed by atoms with Crippen LogP contribution in [0.25, 0.3) is 0 Å². The van der Waals surface area contributed by atoms with E-state index in [9.17, 15) is 23.1 Å². The Morgan fingerprint density at radius 1 is 1.27 bits per heavy atom. The minimum absolute atomic E-state index is 0.374. The summed E-state index contributed by atoms with van der Waals surface area (Å²) < 4.78 is 60.9. The number of rotatable bonds is 3. The van der Waals surface area contributed by atoms with Gasteiger partial charge in [-0.3, -0.25) is 0 Å². The molecule has 1 aromatic heterocycles. The van der Waals surface area contributed by atoms with Crippen LogP contribution in [0.2, 0.25) is 0 Å². The Bertz CT molecular complexity index is 695. The molecule has 144 valence electrons. The summed E-state index contributed by atoms with van der Waals surface area (Å²) >= 11 is 0. The van der Waals surface area contributed by atoms with E-state index in [2.05, 4.69) is 4.98 Å². The van der Waals surface area contributed by atoms with Crippen molar-refractivity contribution < 1.29 is 42.0 Å². The van der Waals surface area contributed by atoms with E-state index < -0.39 is 54.1 Å². The highest BCUT2D eigenvalue weighted by atomic mass is 19.4. The van der Waals surface area contributed by atoms with Gasteiger partial charge in [0.15, 0.2) is 18.0 Å². The van der Waals surface area contributed by atoms with Crippen LogP contribution in [-0.2, 0) is 25.2 Å². The van der Waals surface area contributed by atoms with Gasteiger partial charge < -0.3 is 24.1 Å². The average Bonchev–Trinajstić information content (AvgIpc) is 2.85. The first-order chi connectivity index (χ1) is 12.0. The maximum absolute atomic E-state index is 12.8. The second-order valence-electron chi connectivity index (χ2n) is 6.61. The van der Waals surface area contributed by atoms with E-state index in [1.54, 1.807) is 20.8 Å². The van der Waals surface area contributed by atoms with Crippen LogP contribution in [0.1, 0.15) is 26.5 Å². The Kier molecular flexibility index (Phi) is 4.62. The molecule has 0 spiro atoms. The summed E-state index contributed by atoms with van der Waals surface area (Å²) in [7, 11) is 0. The molecular formula is C16H18F3NO6. The standard InChI is InChI=1S/C16H18F3NO6/c1-7-10-12(26-15(2,3)25-10)11(13(23-7)14(21)22)24-9-6-4-5-8(20-9)16(17,18)19/h4-7,10-13H,1-3H3,(H,21,22)/t7-,10+,11-,12+,13+/m1/s1. The summed E-state index contributed by atoms with van der Waals surface area (Å²) in [5.41, 5.74) is -1.15. The number of hydrogen-bond donors (Lipinski definition) is 1. The molecule has 1 aromatic rings. The number of carbonyl (C=O) groups is 1. The third-order valence-corrected chi connectivity index (χ3v) is 4.12. The molecule has 2 aliphatic rings. The number of ether oxygens (including phenoxy) is 4. The summed E-state index contributed by atoms with van der Waals surface area (Å²) in [5, 5.41) is 9.44. The zero-order valence-corrected chi connectivity index (χ0v) is 14.2. The molecule has 2 saturated heterocycles. The fraction of sp³-hybridized carbons (Fsp3) is 0.625. The number of fused-ring (bicyclic) bond motifs is 1. The number of aromatic nitrogens is 1. The summed E-state index contributed by atoms with van der Waals surface area (Å²) in [5.74, 6) is -2.70. The molecule has 0 bridgehead atoms. The molecule has 7 nitrogen and oxygen atoms in total. The van der Waals surface area contributed by atoms with Crippen LogP contribution in [-0.4, -0.2) is 52.4 Å². The first-order valence-electron chi connectivity index (χ1n) is 7.93. The highest BCUT2D eigenvalue weighted by Gasteiger charge is 2.57. The van der Waals surface area contributed by atoms with Gasteiger partial charge in [0.05, 0.1) is 6.10 Å². The molecule has 0 unspecified atom stereocenters. The molecule has 0 aromatic carbocycles. The Labute approximate surface area is 147 Å². The normalized spacial score (nSPS) is 33.5. The number of carboxylic acids is 1. The number of aliphatic carboxylic acids is 1. The van der Waals surface area contributed by atoms with Gasteiger partial charge in [0.2, 0.25) is 5.88 Å². The fourth-order valence-electron chi connectivity index (χ4n) is 3.10. The predicted molar refractivity (Wildman–Crippen MR) is 79.5 cm³/mol. The van der Waals surface area contributed by atoms with Gasteiger partial charge in [-0.05, 0) is 26.8 Å². The Balaban J connectivity index is 1.91. The van der Waals surface area contributed by atoms with E-state index in [0.717, 1.165) is 12.1 Å². The lowest BCUT2D eigenvalue weighted by Gasteiger charge is -2.39. The van der Waals surface area contributed by atoms with Crippen molar-refractivity contribution in [2.75, 3.05) is 0 Å². The maximum atomic E-state index is 12.8. The molecule has 26 heavy (non-hydrogen) atoms. The van der Waals surface area contributed by atoms with Crippen molar-refractivity contribution in [3.63, 3.8) is 0 Å². The first kappa shape index (κ1) is 18.9. The van der Waals surface area contributed by atoms with Crippen molar-refractivity contribution in [2.45, 2.75) is 63.3 Å². The lowest BCUT2D eigenvalue weighted by Crippen LogP contribution is -2.60. The van der Waals surface area contributed by atoms with Gasteiger partial charge in [0, 0.05) is 6.07 Å². The topological polar surface area (TPSA) is 87.1 Å². The van der Waals surface area contributed by atoms with Gasteiger partial charge in [0.25, 0.3) is 0 Å². The number of pyridine rings is 1. The lowest BCUT2D eigenvalue weighted by molar-refractivity contribution is -0.196. The zero-order chi connectivity index (χ0) is 19.3. The van der Waals surface area contributed by atoms with Gasteiger partial charge >= 0.3 is 12.1 Å². The van der Waals surface area contributed by atoms with Crippen molar-refractivity contribution in [3.05, 3.63) is 23.9 Å². The largest absolute Gasteiger partial charge is 0.479 e. The SMILES string of the molecule is C[C@H]1O[C@H](C(=O)O)[C@H](Oc2cccc(C(F)(F)F)n2)[C@H]2OC(C)(C)O[C@H]21. The molecule has 0 saturated carbocycles. The van der Waals surface area contributed by atoms with Crippen molar-refractivity contribution in [2.24, 2.45) is 0 Å². The molecule has 0 radical (unpaired) electrons. The van der Waals surface area contributed by atoms with E-state index in [-0.39, 0.29) is 5.88 Å². The molecular weight excluding hydrogens is 359 g/mol. The number of carboxylic acid groups (broad SMARTS) is 1. The monoisotopic (exact) mass is 377 g/mol. The van der Waals surface area contributed by atoms with E-state index in [1.807, 2.05) is 0 Å². The van der Waals surface area contributed by atoms with Crippen LogP contribution in [0.5, 0.6) is 5.88 Å². The molecule has 2 aliphatic heterocycles. The van der Waals surface area contributed by atoms with Crippen LogP contribution in [0.4, 0.5) is 13.2 Å². The average molecular weight is 377 g/mol. The first-order valence-corrected chi connectivity index (χ1v) is 7.93. The van der Waals surface area contributed by atoms with Crippen LogP contribution < -0.4 is 4.74 Å². The van der Waals surface area contributed by atoms with Crippen molar-refractivity contribution in [3.8, 4) is 5.88 Å². The molecule has 3 heterocycles. The highest BCUT2D eigenvalue weighted by Crippen LogP contribution is 2.39. The van der Waals surface area contributed by atoms with E-state index in [0.29, 0.717) is 0 Å². The predicted octanol–water partition coefficient (Wildman–Crippen LogP) is 2.24. The second kappa shape index (κ2) is 6.36. The van der Waals surface area contributed by atoms with Crippen molar-refractivity contribution in [1.82, 2.24) is 4.98 Å². The van der Waals surface area contributed by atoms with Crippen molar-refractivity contribution >= 4 is 5.97 Å². The second-order valence-corrected chi connectivity index (χ2v) is 6.61. The summed E-state index contributed by atoms with van der Waals surface area (Å²) in [4.78, 5) is 15.0. The Morgan fingerprint density at radius 2 is 1.92 bits per heavy atom. The van der Waals surface area contributed by atoms with E-state index >= 15 is 0 Å². The zero-order valence-electron chi connectivity index (χ0n) is 14.2. The lowest BCUT2D eigenvalue weighted by atomic mass is 9.95. The summed E-state index contributed by atoms with van der Waals surface area (Å²) in [6.45, 7) is 4.93. The van der Waals surface area contributed by atoms with Gasteiger partial charge in [0.1, 0.15) is 17.9 Å². The summed E-state index contributed by atoms with van der Waals surface area (Å²) in [6, 6.07) is 3.13. The highest BCUT2D eigenvalue weighted by molar-refractivity contribution is 5.73. The van der Waals surface area contributed by atoms with E-state index in [1.165, 1.54) is 6.07 Å². The smallest absolute Gasteiger partial charge is 0.433 e. The molecule has 0 aliphatic carbocycles. The Morgan fingerprint density at radius 3 is 2.54 bits per heavy atom. The molecule has 2 fully saturated rings. The molecule has 1 N–H and O–H groups in total. The minimum atomic E-state index is -4.65.